The minimum Gasteiger partial charge on any atom is -0.459 e. The van der Waals surface area contributed by atoms with Crippen LogP contribution in [-0.2, 0) is 26.1 Å². The molecule has 2 atom stereocenters. The van der Waals surface area contributed by atoms with Crippen LogP contribution in [-0.4, -0.2) is 95.1 Å². The Labute approximate surface area is 242 Å². The standard InChI is InChI=1S/C31H44N4O6/c1-23-29(31(38)35(32(23)2)26-9-5-3-6-10-26)24-21-27(41-28(22-24)40-20-19-39-18-17-36)30(37)34-15-11-25(12-16-34)33-13-7-4-8-14-33/h3,5-6,9-10,21,24-25,28,36H,4,7-8,11-20,22H2,1-2H3/t24-,28+/m1/s1. The number of benzene rings is 1. The molecule has 1 N–H and O–H groups in total. The second kappa shape index (κ2) is 13.8. The third-order valence-electron chi connectivity index (χ3n) is 8.66. The molecule has 0 spiro atoms. The zero-order valence-electron chi connectivity index (χ0n) is 24.4. The lowest BCUT2D eigenvalue weighted by atomic mass is 9.92. The van der Waals surface area contributed by atoms with E-state index in [9.17, 15) is 9.59 Å². The molecule has 1 aromatic heterocycles. The van der Waals surface area contributed by atoms with Crippen molar-refractivity contribution in [1.29, 1.82) is 0 Å². The lowest BCUT2D eigenvalue weighted by Gasteiger charge is -2.40. The number of aliphatic hydroxyl groups excluding tert-OH is 1. The molecule has 10 nitrogen and oxygen atoms in total. The van der Waals surface area contributed by atoms with Gasteiger partial charge in [0, 0.05) is 49.8 Å². The number of nitrogens with zero attached hydrogens (tertiary/aromatic N) is 4. The molecule has 4 heterocycles. The van der Waals surface area contributed by atoms with Gasteiger partial charge in [0.25, 0.3) is 11.5 Å². The summed E-state index contributed by atoms with van der Waals surface area (Å²) in [5, 5.41) is 8.97. The van der Waals surface area contributed by atoms with Crippen LogP contribution in [0.4, 0.5) is 0 Å². The van der Waals surface area contributed by atoms with Gasteiger partial charge in [0.05, 0.1) is 32.1 Å². The van der Waals surface area contributed by atoms with Crippen LogP contribution in [0, 0.1) is 6.92 Å². The molecular formula is C31H44N4O6. The number of hydrogen-bond donors (Lipinski definition) is 1. The number of allylic oxidation sites excluding steroid dienone is 1. The van der Waals surface area contributed by atoms with Crippen molar-refractivity contribution in [2.45, 2.75) is 63.7 Å². The molecule has 2 saturated heterocycles. The van der Waals surface area contributed by atoms with Gasteiger partial charge < -0.3 is 29.1 Å². The highest BCUT2D eigenvalue weighted by Crippen LogP contribution is 2.33. The van der Waals surface area contributed by atoms with Gasteiger partial charge in [-0.05, 0) is 63.9 Å². The number of para-hydroxylation sites is 1. The van der Waals surface area contributed by atoms with Gasteiger partial charge in [0.1, 0.15) is 0 Å². The van der Waals surface area contributed by atoms with E-state index in [0.717, 1.165) is 37.3 Å². The van der Waals surface area contributed by atoms with E-state index in [-0.39, 0.29) is 43.0 Å². The van der Waals surface area contributed by atoms with Crippen molar-refractivity contribution in [3.05, 3.63) is 63.8 Å². The second-order valence-electron chi connectivity index (χ2n) is 11.2. The van der Waals surface area contributed by atoms with Crippen molar-refractivity contribution in [3.63, 3.8) is 0 Å². The molecule has 1 aromatic carbocycles. The Bertz CT molecular complexity index is 1240. The summed E-state index contributed by atoms with van der Waals surface area (Å²) in [6.07, 6.45) is 7.29. The molecule has 3 aliphatic rings. The quantitative estimate of drug-likeness (QED) is 0.440. The van der Waals surface area contributed by atoms with E-state index < -0.39 is 6.29 Å². The van der Waals surface area contributed by atoms with Gasteiger partial charge in [-0.15, -0.1) is 0 Å². The third kappa shape index (κ3) is 6.77. The number of rotatable bonds is 10. The highest BCUT2D eigenvalue weighted by atomic mass is 16.7. The summed E-state index contributed by atoms with van der Waals surface area (Å²) < 4.78 is 21.0. The number of carbonyl (C=O) groups excluding carboxylic acids is 1. The first-order valence-electron chi connectivity index (χ1n) is 15.0. The second-order valence-corrected chi connectivity index (χ2v) is 11.2. The summed E-state index contributed by atoms with van der Waals surface area (Å²) in [6.45, 7) is 6.36. The van der Waals surface area contributed by atoms with Crippen LogP contribution in [0.3, 0.4) is 0 Å². The minimum absolute atomic E-state index is 0.0567. The summed E-state index contributed by atoms with van der Waals surface area (Å²) >= 11 is 0. The number of piperidine rings is 2. The van der Waals surface area contributed by atoms with Crippen LogP contribution in [0.2, 0.25) is 0 Å². The normalized spacial score (nSPS) is 22.4. The van der Waals surface area contributed by atoms with Crippen LogP contribution < -0.4 is 5.56 Å². The predicted molar refractivity (Wildman–Crippen MR) is 155 cm³/mol. The average Bonchev–Trinajstić information content (AvgIpc) is 3.24. The van der Waals surface area contributed by atoms with E-state index in [1.165, 1.54) is 19.3 Å². The van der Waals surface area contributed by atoms with Crippen LogP contribution >= 0.6 is 0 Å². The molecule has 0 saturated carbocycles. The molecular weight excluding hydrogens is 524 g/mol. The van der Waals surface area contributed by atoms with E-state index in [1.807, 2.05) is 60.0 Å². The molecule has 0 bridgehead atoms. The molecule has 41 heavy (non-hydrogen) atoms. The van der Waals surface area contributed by atoms with Crippen molar-refractivity contribution in [3.8, 4) is 5.69 Å². The number of carbonyl (C=O) groups is 1. The molecule has 2 aromatic rings. The Hall–Kier alpha value is -2.92. The molecule has 0 radical (unpaired) electrons. The first kappa shape index (κ1) is 29.6. The molecule has 3 aliphatic heterocycles. The molecule has 1 amide bonds. The van der Waals surface area contributed by atoms with Crippen molar-refractivity contribution in [2.75, 3.05) is 52.6 Å². The van der Waals surface area contributed by atoms with Gasteiger partial charge in [0.2, 0.25) is 6.29 Å². The topological polar surface area (TPSA) is 98.4 Å². The van der Waals surface area contributed by atoms with E-state index in [1.54, 1.807) is 4.68 Å². The molecule has 0 unspecified atom stereocenters. The number of aliphatic hydroxyl groups is 1. The largest absolute Gasteiger partial charge is 0.459 e. The van der Waals surface area contributed by atoms with Gasteiger partial charge in [-0.3, -0.25) is 14.3 Å². The Morgan fingerprint density at radius 1 is 1.02 bits per heavy atom. The molecule has 10 heteroatoms. The number of likely N-dealkylation sites (tertiary alicyclic amines) is 2. The van der Waals surface area contributed by atoms with Crippen LogP contribution in [0.15, 0.2) is 47.0 Å². The van der Waals surface area contributed by atoms with Gasteiger partial charge in [-0.25, -0.2) is 4.68 Å². The van der Waals surface area contributed by atoms with E-state index >= 15 is 0 Å². The highest BCUT2D eigenvalue weighted by Gasteiger charge is 2.36. The SMILES string of the molecule is Cc1c([C@@H]2C=C(C(=O)N3CCC(N4CCCCC4)CC3)O[C@H](OCCOCCO)C2)c(=O)n(-c2ccccc2)n1C. The van der Waals surface area contributed by atoms with Crippen molar-refractivity contribution in [1.82, 2.24) is 19.2 Å². The summed E-state index contributed by atoms with van der Waals surface area (Å²) in [5.41, 5.74) is 2.14. The Morgan fingerprint density at radius 3 is 2.46 bits per heavy atom. The van der Waals surface area contributed by atoms with Crippen molar-refractivity contribution < 1.29 is 24.1 Å². The van der Waals surface area contributed by atoms with Crippen molar-refractivity contribution in [2.24, 2.45) is 7.05 Å². The maximum atomic E-state index is 13.8. The Morgan fingerprint density at radius 2 is 1.76 bits per heavy atom. The Kier molecular flexibility index (Phi) is 9.97. The minimum atomic E-state index is -0.697. The first-order valence-corrected chi connectivity index (χ1v) is 15.0. The van der Waals surface area contributed by atoms with E-state index in [0.29, 0.717) is 37.7 Å². The van der Waals surface area contributed by atoms with Gasteiger partial charge in [0.15, 0.2) is 5.76 Å². The van der Waals surface area contributed by atoms with Gasteiger partial charge in [-0.1, -0.05) is 24.6 Å². The fourth-order valence-corrected chi connectivity index (χ4v) is 6.41. The smallest absolute Gasteiger partial charge is 0.288 e. The third-order valence-corrected chi connectivity index (χ3v) is 8.66. The zero-order valence-corrected chi connectivity index (χ0v) is 24.4. The Balaban J connectivity index is 1.36. The van der Waals surface area contributed by atoms with E-state index in [2.05, 4.69) is 4.90 Å². The lowest BCUT2D eigenvalue weighted by Crippen LogP contribution is -2.49. The average molecular weight is 569 g/mol. The zero-order chi connectivity index (χ0) is 28.8. The highest BCUT2D eigenvalue weighted by molar-refractivity contribution is 5.92. The molecule has 2 fully saturated rings. The van der Waals surface area contributed by atoms with E-state index in [4.69, 9.17) is 19.3 Å². The molecule has 5 rings (SSSR count). The number of amides is 1. The maximum Gasteiger partial charge on any atom is 0.288 e. The van der Waals surface area contributed by atoms with Crippen LogP contribution in [0.1, 0.15) is 55.7 Å². The van der Waals surface area contributed by atoms with Crippen LogP contribution in [0.5, 0.6) is 0 Å². The van der Waals surface area contributed by atoms with Gasteiger partial charge >= 0.3 is 0 Å². The summed E-state index contributed by atoms with van der Waals surface area (Å²) in [6, 6.07) is 10.1. The fraction of sp³-hybridized carbons (Fsp3) is 0.613. The summed E-state index contributed by atoms with van der Waals surface area (Å²) in [4.78, 5) is 32.0. The summed E-state index contributed by atoms with van der Waals surface area (Å²) in [5.74, 6) is -0.248. The number of aromatic nitrogens is 2. The molecule has 224 valence electrons. The van der Waals surface area contributed by atoms with Crippen LogP contribution in [0.25, 0.3) is 5.69 Å². The lowest BCUT2D eigenvalue weighted by molar-refractivity contribution is -0.157. The number of hydrogen-bond acceptors (Lipinski definition) is 7. The van der Waals surface area contributed by atoms with Gasteiger partial charge in [-0.2, -0.15) is 0 Å². The van der Waals surface area contributed by atoms with Crippen molar-refractivity contribution >= 4 is 5.91 Å². The number of ether oxygens (including phenoxy) is 3. The monoisotopic (exact) mass is 568 g/mol. The maximum absolute atomic E-state index is 13.8. The first-order chi connectivity index (χ1) is 20.0. The summed E-state index contributed by atoms with van der Waals surface area (Å²) in [7, 11) is 1.88. The molecule has 0 aliphatic carbocycles. The fourth-order valence-electron chi connectivity index (χ4n) is 6.41. The predicted octanol–water partition coefficient (Wildman–Crippen LogP) is 2.70.